The average molecular weight is 438 g/mol. The number of phenolic OH excluding ortho intramolecular Hbond substituents is 1. The van der Waals surface area contributed by atoms with Gasteiger partial charge in [-0.2, -0.15) is 0 Å². The zero-order valence-corrected chi connectivity index (χ0v) is 17.7. The normalized spacial score (nSPS) is 21.2. The number of fused-ring (bicyclic) bond motifs is 1. The largest absolute Gasteiger partial charge is 0.508 e. The second-order valence-electron chi connectivity index (χ2n) is 8.44. The summed E-state index contributed by atoms with van der Waals surface area (Å²) in [6, 6.07) is 11.0. The Morgan fingerprint density at radius 1 is 1.16 bits per heavy atom. The Morgan fingerprint density at radius 2 is 2.00 bits per heavy atom. The van der Waals surface area contributed by atoms with Gasteiger partial charge in [0.1, 0.15) is 11.5 Å². The molecule has 3 aromatic rings. The molecule has 0 spiro atoms. The maximum Gasteiger partial charge on any atom is 0.407 e. The molecule has 2 aliphatic rings. The lowest BCUT2D eigenvalue weighted by atomic mass is 10.0. The highest BCUT2D eigenvalue weighted by Crippen LogP contribution is 2.35. The SMILES string of the molecule is O=C(O)N1CC[C@H](COc2cc(-c3ccc(O)cc3)cc3c2nnn3C2CCCCO2)C1. The van der Waals surface area contributed by atoms with Crippen LogP contribution in [0, 0.1) is 5.92 Å². The second-order valence-corrected chi connectivity index (χ2v) is 8.44. The summed E-state index contributed by atoms with van der Waals surface area (Å²) in [6.07, 6.45) is 2.73. The van der Waals surface area contributed by atoms with Crippen molar-refractivity contribution in [3.05, 3.63) is 36.4 Å². The van der Waals surface area contributed by atoms with Crippen LogP contribution in [0.5, 0.6) is 11.5 Å². The Hall–Kier alpha value is -3.33. The average Bonchev–Trinajstić information content (AvgIpc) is 3.46. The van der Waals surface area contributed by atoms with E-state index in [9.17, 15) is 15.0 Å². The number of hydrogen-bond acceptors (Lipinski definition) is 6. The predicted octanol–water partition coefficient (Wildman–Crippen LogP) is 3.88. The lowest BCUT2D eigenvalue weighted by Gasteiger charge is -2.23. The highest BCUT2D eigenvalue weighted by Gasteiger charge is 2.27. The number of aromatic hydroxyl groups is 1. The second kappa shape index (κ2) is 8.66. The van der Waals surface area contributed by atoms with Gasteiger partial charge in [0.2, 0.25) is 0 Å². The highest BCUT2D eigenvalue weighted by atomic mass is 16.5. The molecule has 1 amide bonds. The van der Waals surface area contributed by atoms with Gasteiger partial charge in [-0.1, -0.05) is 17.3 Å². The molecule has 2 fully saturated rings. The van der Waals surface area contributed by atoms with Crippen LogP contribution in [-0.4, -0.2) is 62.5 Å². The zero-order chi connectivity index (χ0) is 22.1. The molecular weight excluding hydrogens is 412 g/mol. The fraction of sp³-hybridized carbons (Fsp3) is 0.435. The van der Waals surface area contributed by atoms with Crippen molar-refractivity contribution in [2.75, 3.05) is 26.3 Å². The number of carbonyl (C=O) groups is 1. The summed E-state index contributed by atoms with van der Waals surface area (Å²) in [7, 11) is 0. The molecule has 32 heavy (non-hydrogen) atoms. The summed E-state index contributed by atoms with van der Waals surface area (Å²) in [4.78, 5) is 12.6. The van der Waals surface area contributed by atoms with Crippen molar-refractivity contribution in [3.8, 4) is 22.6 Å². The monoisotopic (exact) mass is 438 g/mol. The molecular formula is C23H26N4O5. The van der Waals surface area contributed by atoms with Gasteiger partial charge >= 0.3 is 6.09 Å². The van der Waals surface area contributed by atoms with E-state index in [1.54, 1.807) is 12.1 Å². The quantitative estimate of drug-likeness (QED) is 0.622. The lowest BCUT2D eigenvalue weighted by Crippen LogP contribution is -2.27. The van der Waals surface area contributed by atoms with Crippen LogP contribution >= 0.6 is 0 Å². The Labute approximate surface area is 185 Å². The van der Waals surface area contributed by atoms with Gasteiger partial charge < -0.3 is 24.6 Å². The van der Waals surface area contributed by atoms with E-state index in [1.807, 2.05) is 28.9 Å². The summed E-state index contributed by atoms with van der Waals surface area (Å²) in [5.41, 5.74) is 3.35. The van der Waals surface area contributed by atoms with Crippen molar-refractivity contribution in [1.82, 2.24) is 19.9 Å². The molecule has 2 aromatic carbocycles. The summed E-state index contributed by atoms with van der Waals surface area (Å²) in [5, 5.41) is 27.6. The fourth-order valence-corrected chi connectivity index (χ4v) is 4.42. The van der Waals surface area contributed by atoms with E-state index in [0.717, 1.165) is 42.3 Å². The molecule has 0 radical (unpaired) electrons. The number of ether oxygens (including phenoxy) is 2. The van der Waals surface area contributed by atoms with Crippen molar-refractivity contribution in [1.29, 1.82) is 0 Å². The number of likely N-dealkylation sites (tertiary alicyclic amines) is 1. The maximum absolute atomic E-state index is 11.2. The molecule has 0 saturated carbocycles. The molecule has 168 valence electrons. The highest BCUT2D eigenvalue weighted by molar-refractivity contribution is 5.87. The third kappa shape index (κ3) is 4.08. The Bertz CT molecular complexity index is 1110. The summed E-state index contributed by atoms with van der Waals surface area (Å²) < 4.78 is 14.0. The molecule has 2 saturated heterocycles. The summed E-state index contributed by atoms with van der Waals surface area (Å²) in [6.45, 7) is 2.11. The molecule has 9 heteroatoms. The molecule has 1 aromatic heterocycles. The van der Waals surface area contributed by atoms with E-state index in [1.165, 1.54) is 4.90 Å². The predicted molar refractivity (Wildman–Crippen MR) is 117 cm³/mol. The van der Waals surface area contributed by atoms with E-state index in [4.69, 9.17) is 9.47 Å². The molecule has 2 N–H and O–H groups in total. The van der Waals surface area contributed by atoms with Gasteiger partial charge in [0.05, 0.1) is 12.1 Å². The first-order valence-electron chi connectivity index (χ1n) is 11.0. The molecule has 0 bridgehead atoms. The molecule has 0 aliphatic carbocycles. The van der Waals surface area contributed by atoms with Crippen LogP contribution in [0.15, 0.2) is 36.4 Å². The van der Waals surface area contributed by atoms with E-state index in [2.05, 4.69) is 10.3 Å². The minimum absolute atomic E-state index is 0.134. The van der Waals surface area contributed by atoms with Crippen LogP contribution in [-0.2, 0) is 4.74 Å². The van der Waals surface area contributed by atoms with Crippen LogP contribution < -0.4 is 4.74 Å². The third-order valence-corrected chi connectivity index (χ3v) is 6.20. The van der Waals surface area contributed by atoms with E-state index in [0.29, 0.717) is 37.6 Å². The zero-order valence-electron chi connectivity index (χ0n) is 17.7. The number of phenols is 1. The van der Waals surface area contributed by atoms with Crippen molar-refractivity contribution in [3.63, 3.8) is 0 Å². The van der Waals surface area contributed by atoms with Gasteiger partial charge in [0, 0.05) is 25.6 Å². The fourth-order valence-electron chi connectivity index (χ4n) is 4.42. The summed E-state index contributed by atoms with van der Waals surface area (Å²) >= 11 is 0. The Morgan fingerprint density at radius 3 is 2.72 bits per heavy atom. The van der Waals surface area contributed by atoms with Gasteiger partial charge in [-0.15, -0.1) is 5.10 Å². The van der Waals surface area contributed by atoms with Crippen molar-refractivity contribution in [2.24, 2.45) is 5.92 Å². The Kier molecular flexibility index (Phi) is 5.57. The first-order valence-corrected chi connectivity index (χ1v) is 11.0. The molecule has 5 rings (SSSR count). The molecule has 1 unspecified atom stereocenters. The molecule has 2 aliphatic heterocycles. The van der Waals surface area contributed by atoms with Crippen molar-refractivity contribution >= 4 is 17.1 Å². The summed E-state index contributed by atoms with van der Waals surface area (Å²) in [5.74, 6) is 0.953. The molecule has 9 nitrogen and oxygen atoms in total. The van der Waals surface area contributed by atoms with E-state index >= 15 is 0 Å². The molecule has 3 heterocycles. The smallest absolute Gasteiger partial charge is 0.407 e. The number of amides is 1. The Balaban J connectivity index is 1.48. The van der Waals surface area contributed by atoms with Gasteiger partial charge in [-0.25, -0.2) is 9.48 Å². The van der Waals surface area contributed by atoms with Crippen LogP contribution in [0.1, 0.15) is 31.9 Å². The van der Waals surface area contributed by atoms with Crippen LogP contribution in [0.25, 0.3) is 22.2 Å². The third-order valence-electron chi connectivity index (χ3n) is 6.20. The lowest BCUT2D eigenvalue weighted by molar-refractivity contribution is -0.0377. The number of nitrogens with zero attached hydrogens (tertiary/aromatic N) is 4. The minimum Gasteiger partial charge on any atom is -0.508 e. The number of hydrogen-bond donors (Lipinski definition) is 2. The topological polar surface area (TPSA) is 110 Å². The molecule has 2 atom stereocenters. The van der Waals surface area contributed by atoms with Crippen molar-refractivity contribution < 1.29 is 24.5 Å². The number of benzene rings is 2. The van der Waals surface area contributed by atoms with E-state index in [-0.39, 0.29) is 17.9 Å². The van der Waals surface area contributed by atoms with Crippen LogP contribution in [0.2, 0.25) is 0 Å². The van der Waals surface area contributed by atoms with Crippen molar-refractivity contribution in [2.45, 2.75) is 31.9 Å². The van der Waals surface area contributed by atoms with Gasteiger partial charge in [0.25, 0.3) is 0 Å². The van der Waals surface area contributed by atoms with E-state index < -0.39 is 6.09 Å². The minimum atomic E-state index is -0.889. The first-order chi connectivity index (χ1) is 15.6. The number of aromatic nitrogens is 3. The van der Waals surface area contributed by atoms with Gasteiger partial charge in [-0.3, -0.25) is 0 Å². The number of rotatable bonds is 5. The maximum atomic E-state index is 11.2. The van der Waals surface area contributed by atoms with Gasteiger partial charge in [-0.05, 0) is 61.1 Å². The first kappa shape index (κ1) is 20.6. The number of carboxylic acid groups (broad SMARTS) is 1. The van der Waals surface area contributed by atoms with Crippen LogP contribution in [0.4, 0.5) is 4.79 Å². The standard InChI is InChI=1S/C23H26N4O5/c28-18-6-4-16(5-7-18)17-11-19-22(24-25-27(19)21-3-1-2-10-31-21)20(12-17)32-14-15-8-9-26(13-15)23(29)30/h4-7,11-12,15,21,28H,1-3,8-10,13-14H2,(H,29,30)/t15-,21?/m0/s1. The van der Waals surface area contributed by atoms with Crippen LogP contribution in [0.3, 0.4) is 0 Å². The van der Waals surface area contributed by atoms with Gasteiger partial charge in [0.15, 0.2) is 11.7 Å².